The molecular weight excluding hydrogens is 398 g/mol. The maximum Gasteiger partial charge on any atom is 0.242 e. The maximum atomic E-state index is 13.0. The fourth-order valence-electron chi connectivity index (χ4n) is 3.31. The van der Waals surface area contributed by atoms with Gasteiger partial charge in [0, 0.05) is 18.2 Å². The number of carbonyl (C=O) groups excluding carboxylic acids is 2. The molecule has 0 spiro atoms. The second-order valence-corrected chi connectivity index (χ2v) is 8.63. The van der Waals surface area contributed by atoms with Crippen LogP contribution in [0.5, 0.6) is 5.75 Å². The van der Waals surface area contributed by atoms with Crippen LogP contribution in [-0.4, -0.2) is 39.8 Å². The van der Waals surface area contributed by atoms with Crippen LogP contribution in [0.1, 0.15) is 31.7 Å². The van der Waals surface area contributed by atoms with Gasteiger partial charge in [-0.1, -0.05) is 41.6 Å². The standard InChI is InChI=1S/C23H25N3O3S/c1-3-29-19-7-5-4-6-18(19)25-23-26(17-12-13-17)22(28)20(30-23)14-21(27)24-16-10-8-15(2)9-11-16/h4-11,17,20H,3,12-14H2,1-2H3,(H,24,27)/t20-/m0/s1. The van der Waals surface area contributed by atoms with Crippen molar-refractivity contribution in [3.05, 3.63) is 54.1 Å². The molecule has 6 nitrogen and oxygen atoms in total. The zero-order chi connectivity index (χ0) is 21.1. The van der Waals surface area contributed by atoms with Gasteiger partial charge in [0.2, 0.25) is 11.8 Å². The largest absolute Gasteiger partial charge is 0.492 e. The number of thioether (sulfide) groups is 1. The van der Waals surface area contributed by atoms with Crippen LogP contribution < -0.4 is 10.1 Å². The molecule has 1 saturated carbocycles. The summed E-state index contributed by atoms with van der Waals surface area (Å²) in [5, 5.41) is 3.08. The van der Waals surface area contributed by atoms with Crippen molar-refractivity contribution in [2.75, 3.05) is 11.9 Å². The van der Waals surface area contributed by atoms with E-state index in [1.54, 1.807) is 4.90 Å². The minimum atomic E-state index is -0.464. The van der Waals surface area contributed by atoms with E-state index in [4.69, 9.17) is 9.73 Å². The highest BCUT2D eigenvalue weighted by atomic mass is 32.2. The summed E-state index contributed by atoms with van der Waals surface area (Å²) in [5.74, 6) is 0.488. The summed E-state index contributed by atoms with van der Waals surface area (Å²) in [6, 6.07) is 15.4. The van der Waals surface area contributed by atoms with Gasteiger partial charge in [0.05, 0.1) is 6.61 Å². The fourth-order valence-corrected chi connectivity index (χ4v) is 4.52. The van der Waals surface area contributed by atoms with Gasteiger partial charge in [0.1, 0.15) is 16.7 Å². The topological polar surface area (TPSA) is 71.0 Å². The highest BCUT2D eigenvalue weighted by molar-refractivity contribution is 8.15. The Labute approximate surface area is 180 Å². The van der Waals surface area contributed by atoms with Crippen molar-refractivity contribution in [1.82, 2.24) is 4.90 Å². The molecule has 0 unspecified atom stereocenters. The molecule has 1 aliphatic carbocycles. The number of ether oxygens (including phenoxy) is 1. The van der Waals surface area contributed by atoms with E-state index >= 15 is 0 Å². The van der Waals surface area contributed by atoms with Crippen LogP contribution >= 0.6 is 11.8 Å². The number of rotatable bonds is 7. The first-order valence-electron chi connectivity index (χ1n) is 10.2. The van der Waals surface area contributed by atoms with Crippen molar-refractivity contribution >= 4 is 40.1 Å². The first-order chi connectivity index (χ1) is 14.5. The van der Waals surface area contributed by atoms with Crippen molar-refractivity contribution in [2.24, 2.45) is 4.99 Å². The Morgan fingerprint density at radius 1 is 1.20 bits per heavy atom. The number of anilines is 1. The molecule has 1 saturated heterocycles. The third-order valence-corrected chi connectivity index (χ3v) is 6.12. The van der Waals surface area contributed by atoms with Gasteiger partial charge in [-0.2, -0.15) is 0 Å². The number of carbonyl (C=O) groups is 2. The van der Waals surface area contributed by atoms with Gasteiger partial charge >= 0.3 is 0 Å². The summed E-state index contributed by atoms with van der Waals surface area (Å²) >= 11 is 1.37. The van der Waals surface area contributed by atoms with E-state index < -0.39 is 5.25 Å². The Hall–Kier alpha value is -2.80. The van der Waals surface area contributed by atoms with Gasteiger partial charge in [-0.05, 0) is 51.0 Å². The first-order valence-corrected chi connectivity index (χ1v) is 11.1. The molecule has 2 aliphatic rings. The molecule has 2 aromatic rings. The van der Waals surface area contributed by atoms with E-state index in [-0.39, 0.29) is 24.3 Å². The highest BCUT2D eigenvalue weighted by Crippen LogP contribution is 2.40. The van der Waals surface area contributed by atoms with Gasteiger partial charge in [-0.15, -0.1) is 0 Å². The van der Waals surface area contributed by atoms with Gasteiger partial charge in [0.25, 0.3) is 0 Å². The first kappa shape index (κ1) is 20.5. The van der Waals surface area contributed by atoms with Crippen molar-refractivity contribution in [2.45, 2.75) is 44.4 Å². The lowest BCUT2D eigenvalue weighted by Crippen LogP contribution is -2.35. The monoisotopic (exact) mass is 423 g/mol. The summed E-state index contributed by atoms with van der Waals surface area (Å²) in [5.41, 5.74) is 2.56. The number of hydrogen-bond acceptors (Lipinski definition) is 5. The highest BCUT2D eigenvalue weighted by Gasteiger charge is 2.46. The lowest BCUT2D eigenvalue weighted by molar-refractivity contribution is -0.128. The summed E-state index contributed by atoms with van der Waals surface area (Å²) in [7, 11) is 0. The van der Waals surface area contributed by atoms with E-state index in [9.17, 15) is 9.59 Å². The molecule has 1 aliphatic heterocycles. The third kappa shape index (κ3) is 4.67. The lowest BCUT2D eigenvalue weighted by Gasteiger charge is -2.16. The molecule has 30 heavy (non-hydrogen) atoms. The molecule has 7 heteroatoms. The number of amidine groups is 1. The van der Waals surface area contributed by atoms with Crippen molar-refractivity contribution in [1.29, 1.82) is 0 Å². The molecule has 0 radical (unpaired) electrons. The third-order valence-electron chi connectivity index (χ3n) is 4.97. The van der Waals surface area contributed by atoms with Crippen molar-refractivity contribution in [3.63, 3.8) is 0 Å². The molecule has 2 aromatic carbocycles. The molecule has 156 valence electrons. The Morgan fingerprint density at radius 2 is 1.93 bits per heavy atom. The van der Waals surface area contributed by atoms with E-state index in [2.05, 4.69) is 5.32 Å². The summed E-state index contributed by atoms with van der Waals surface area (Å²) in [4.78, 5) is 32.1. The quantitative estimate of drug-likeness (QED) is 0.711. The molecule has 2 fully saturated rings. The fraction of sp³-hybridized carbons (Fsp3) is 0.348. The van der Waals surface area contributed by atoms with Crippen LogP contribution in [0.15, 0.2) is 53.5 Å². The van der Waals surface area contributed by atoms with Crippen LogP contribution in [0, 0.1) is 6.92 Å². The van der Waals surface area contributed by atoms with E-state index in [0.29, 0.717) is 23.2 Å². The van der Waals surface area contributed by atoms with Crippen molar-refractivity contribution in [3.8, 4) is 5.75 Å². The number of amides is 2. The maximum absolute atomic E-state index is 13.0. The normalized spacial score (nSPS) is 19.9. The zero-order valence-corrected chi connectivity index (χ0v) is 17.9. The Bertz CT molecular complexity index is 970. The second-order valence-electron chi connectivity index (χ2n) is 7.46. The van der Waals surface area contributed by atoms with Crippen LogP contribution in [0.4, 0.5) is 11.4 Å². The van der Waals surface area contributed by atoms with Crippen LogP contribution in [0.3, 0.4) is 0 Å². The minimum Gasteiger partial charge on any atom is -0.492 e. The average molecular weight is 424 g/mol. The smallest absolute Gasteiger partial charge is 0.242 e. The van der Waals surface area contributed by atoms with Gasteiger partial charge < -0.3 is 10.1 Å². The molecule has 1 N–H and O–H groups in total. The van der Waals surface area contributed by atoms with Crippen LogP contribution in [0.2, 0.25) is 0 Å². The summed E-state index contributed by atoms with van der Waals surface area (Å²) < 4.78 is 5.67. The number of benzene rings is 2. The molecule has 0 aromatic heterocycles. The minimum absolute atomic E-state index is 0.0332. The summed E-state index contributed by atoms with van der Waals surface area (Å²) in [6.45, 7) is 4.47. The molecule has 2 amide bonds. The Balaban J connectivity index is 1.50. The molecule has 4 rings (SSSR count). The average Bonchev–Trinajstić information content (AvgIpc) is 3.51. The molecule has 1 heterocycles. The Kier molecular flexibility index (Phi) is 6.08. The summed E-state index contributed by atoms with van der Waals surface area (Å²) in [6.07, 6.45) is 2.06. The zero-order valence-electron chi connectivity index (χ0n) is 17.1. The van der Waals surface area contributed by atoms with Crippen LogP contribution in [0.25, 0.3) is 0 Å². The number of para-hydroxylation sites is 2. The number of hydrogen-bond donors (Lipinski definition) is 1. The predicted octanol–water partition coefficient (Wildman–Crippen LogP) is 4.52. The van der Waals surface area contributed by atoms with E-state index in [1.807, 2.05) is 62.4 Å². The van der Waals surface area contributed by atoms with Crippen molar-refractivity contribution < 1.29 is 14.3 Å². The number of nitrogens with zero attached hydrogens (tertiary/aromatic N) is 2. The number of nitrogens with one attached hydrogen (secondary N) is 1. The van der Waals surface area contributed by atoms with Gasteiger partial charge in [-0.25, -0.2) is 4.99 Å². The lowest BCUT2D eigenvalue weighted by atomic mass is 10.2. The van der Waals surface area contributed by atoms with Gasteiger partial charge in [-0.3, -0.25) is 14.5 Å². The SMILES string of the molecule is CCOc1ccccc1N=C1S[C@@H](CC(=O)Nc2ccc(C)cc2)C(=O)N1C1CC1. The van der Waals surface area contributed by atoms with Gasteiger partial charge in [0.15, 0.2) is 5.17 Å². The molecular formula is C23H25N3O3S. The van der Waals surface area contributed by atoms with E-state index in [1.165, 1.54) is 11.8 Å². The van der Waals surface area contributed by atoms with Crippen LogP contribution in [-0.2, 0) is 9.59 Å². The Morgan fingerprint density at radius 3 is 2.63 bits per heavy atom. The molecule has 0 bridgehead atoms. The predicted molar refractivity (Wildman–Crippen MR) is 120 cm³/mol. The van der Waals surface area contributed by atoms with E-state index in [0.717, 1.165) is 24.1 Å². The second kappa shape index (κ2) is 8.92. The molecule has 1 atom stereocenters. The number of aryl methyl sites for hydroxylation is 1. The number of aliphatic imine (C=N–C) groups is 1.